The molecule has 0 aliphatic heterocycles. The normalized spacial score (nSPS) is 11.1. The second-order valence-corrected chi connectivity index (χ2v) is 6.79. The summed E-state index contributed by atoms with van der Waals surface area (Å²) < 4.78 is 7.52. The Balaban J connectivity index is 2.12. The fourth-order valence-corrected chi connectivity index (χ4v) is 3.04. The van der Waals surface area contributed by atoms with Crippen molar-refractivity contribution in [1.29, 1.82) is 5.26 Å². The van der Waals surface area contributed by atoms with Crippen LogP contribution in [0.15, 0.2) is 60.3 Å². The molecule has 152 valence electrons. The van der Waals surface area contributed by atoms with Crippen molar-refractivity contribution in [3.8, 4) is 28.8 Å². The van der Waals surface area contributed by atoms with E-state index in [1.807, 2.05) is 67.7 Å². The Labute approximate surface area is 176 Å². The van der Waals surface area contributed by atoms with Gasteiger partial charge in [0.2, 0.25) is 0 Å². The van der Waals surface area contributed by atoms with Gasteiger partial charge in [-0.1, -0.05) is 25.1 Å². The van der Waals surface area contributed by atoms with E-state index in [2.05, 4.69) is 12.2 Å². The molecule has 0 saturated heterocycles. The number of nitrogens with one attached hydrogen (secondary N) is 1. The van der Waals surface area contributed by atoms with E-state index >= 15 is 0 Å². The summed E-state index contributed by atoms with van der Waals surface area (Å²) >= 11 is 0. The van der Waals surface area contributed by atoms with Crippen molar-refractivity contribution >= 4 is 12.0 Å². The Hall–Kier alpha value is -3.85. The van der Waals surface area contributed by atoms with Gasteiger partial charge in [0.05, 0.1) is 12.3 Å². The predicted octanol–water partition coefficient (Wildman–Crippen LogP) is 4.29. The fourth-order valence-electron chi connectivity index (χ4n) is 3.04. The van der Waals surface area contributed by atoms with E-state index in [1.165, 1.54) is 7.05 Å². The molecule has 0 saturated carbocycles. The van der Waals surface area contributed by atoms with Crippen LogP contribution < -0.4 is 10.1 Å². The van der Waals surface area contributed by atoms with Gasteiger partial charge in [-0.2, -0.15) is 10.4 Å². The summed E-state index contributed by atoms with van der Waals surface area (Å²) in [5.74, 6) is 0.402. The molecule has 2 aromatic carbocycles. The van der Waals surface area contributed by atoms with Crippen molar-refractivity contribution < 1.29 is 9.53 Å². The van der Waals surface area contributed by atoms with Crippen LogP contribution in [0.1, 0.15) is 24.5 Å². The lowest BCUT2D eigenvalue weighted by Crippen LogP contribution is -2.19. The molecular weight excluding hydrogens is 376 g/mol. The minimum Gasteiger partial charge on any atom is -0.493 e. The Morgan fingerprint density at radius 3 is 2.67 bits per heavy atom. The monoisotopic (exact) mass is 400 g/mol. The van der Waals surface area contributed by atoms with Gasteiger partial charge in [-0.05, 0) is 55.3 Å². The second-order valence-electron chi connectivity index (χ2n) is 6.79. The lowest BCUT2D eigenvalue weighted by atomic mass is 10.0. The number of nitrogens with zero attached hydrogens (tertiary/aromatic N) is 3. The largest absolute Gasteiger partial charge is 0.493 e. The van der Waals surface area contributed by atoms with Crippen molar-refractivity contribution in [3.05, 3.63) is 71.4 Å². The number of rotatable bonds is 7. The summed E-state index contributed by atoms with van der Waals surface area (Å²) in [6.45, 7) is 4.72. The lowest BCUT2D eigenvalue weighted by Gasteiger charge is -2.09. The number of hydrogen-bond acceptors (Lipinski definition) is 4. The molecule has 30 heavy (non-hydrogen) atoms. The third-order valence-electron chi connectivity index (χ3n) is 4.57. The van der Waals surface area contributed by atoms with E-state index in [-0.39, 0.29) is 5.57 Å². The SMILES string of the molecule is CCCOc1ccc(-c2nn(-c3ccccc3)cc2C=C(C#N)C(=O)NC)cc1C. The summed E-state index contributed by atoms with van der Waals surface area (Å²) in [6, 6.07) is 17.5. The van der Waals surface area contributed by atoms with Gasteiger partial charge in [0.1, 0.15) is 23.1 Å². The first-order valence-electron chi connectivity index (χ1n) is 9.80. The molecule has 1 amide bonds. The van der Waals surface area contributed by atoms with E-state index in [4.69, 9.17) is 9.84 Å². The highest BCUT2D eigenvalue weighted by atomic mass is 16.5. The number of aryl methyl sites for hydroxylation is 1. The number of ether oxygens (including phenoxy) is 1. The molecule has 0 aliphatic carbocycles. The van der Waals surface area contributed by atoms with Crippen LogP contribution in [-0.4, -0.2) is 29.3 Å². The van der Waals surface area contributed by atoms with Crippen molar-refractivity contribution in [3.63, 3.8) is 0 Å². The van der Waals surface area contributed by atoms with Gasteiger partial charge in [-0.3, -0.25) is 4.79 Å². The lowest BCUT2D eigenvalue weighted by molar-refractivity contribution is -0.116. The quantitative estimate of drug-likeness (QED) is 0.474. The van der Waals surface area contributed by atoms with Gasteiger partial charge in [0.25, 0.3) is 5.91 Å². The minimum absolute atomic E-state index is 0.0194. The van der Waals surface area contributed by atoms with Crippen LogP contribution in [0.2, 0.25) is 0 Å². The fraction of sp³-hybridized carbons (Fsp3) is 0.208. The number of likely N-dealkylation sites (N-methyl/N-ethyl adjacent to an activating group) is 1. The van der Waals surface area contributed by atoms with Crippen LogP contribution in [0.4, 0.5) is 0 Å². The average Bonchev–Trinajstić information content (AvgIpc) is 3.20. The van der Waals surface area contributed by atoms with Crippen molar-refractivity contribution in [2.75, 3.05) is 13.7 Å². The van der Waals surface area contributed by atoms with Crippen LogP contribution in [0.3, 0.4) is 0 Å². The van der Waals surface area contributed by atoms with Gasteiger partial charge in [0.15, 0.2) is 0 Å². The number of amides is 1. The highest BCUT2D eigenvalue weighted by molar-refractivity contribution is 6.02. The topological polar surface area (TPSA) is 79.9 Å². The maximum atomic E-state index is 12.0. The van der Waals surface area contributed by atoms with Crippen LogP contribution in [0, 0.1) is 18.3 Å². The average molecular weight is 400 g/mol. The van der Waals surface area contributed by atoms with Gasteiger partial charge in [-0.25, -0.2) is 4.68 Å². The Morgan fingerprint density at radius 2 is 2.03 bits per heavy atom. The van der Waals surface area contributed by atoms with Crippen molar-refractivity contribution in [1.82, 2.24) is 15.1 Å². The molecule has 0 aliphatic rings. The van der Waals surface area contributed by atoms with E-state index in [9.17, 15) is 10.1 Å². The van der Waals surface area contributed by atoms with Crippen LogP contribution in [0.5, 0.6) is 5.75 Å². The molecule has 0 radical (unpaired) electrons. The summed E-state index contributed by atoms with van der Waals surface area (Å²) in [7, 11) is 1.50. The van der Waals surface area contributed by atoms with E-state index in [1.54, 1.807) is 10.8 Å². The van der Waals surface area contributed by atoms with Crippen LogP contribution >= 0.6 is 0 Å². The third-order valence-corrected chi connectivity index (χ3v) is 4.57. The van der Waals surface area contributed by atoms with E-state index in [0.29, 0.717) is 17.9 Å². The minimum atomic E-state index is -0.435. The number of carbonyl (C=O) groups excluding carboxylic acids is 1. The highest BCUT2D eigenvalue weighted by Gasteiger charge is 2.15. The summed E-state index contributed by atoms with van der Waals surface area (Å²) in [6.07, 6.45) is 4.33. The molecule has 3 rings (SSSR count). The maximum Gasteiger partial charge on any atom is 0.261 e. The predicted molar refractivity (Wildman–Crippen MR) is 117 cm³/mol. The molecule has 0 atom stereocenters. The van der Waals surface area contributed by atoms with Gasteiger partial charge in [0, 0.05) is 24.4 Å². The molecule has 0 spiro atoms. The molecule has 3 aromatic rings. The van der Waals surface area contributed by atoms with Crippen molar-refractivity contribution in [2.45, 2.75) is 20.3 Å². The van der Waals surface area contributed by atoms with Crippen LogP contribution in [0.25, 0.3) is 23.0 Å². The van der Waals surface area contributed by atoms with Crippen molar-refractivity contribution in [2.24, 2.45) is 0 Å². The molecule has 1 aromatic heterocycles. The van der Waals surface area contributed by atoms with Crippen LogP contribution in [-0.2, 0) is 4.79 Å². The second kappa shape index (κ2) is 9.57. The molecule has 0 bridgehead atoms. The Kier molecular flexibility index (Phi) is 6.66. The van der Waals surface area contributed by atoms with E-state index in [0.717, 1.165) is 29.0 Å². The Morgan fingerprint density at radius 1 is 1.27 bits per heavy atom. The first kappa shape index (κ1) is 20.9. The summed E-state index contributed by atoms with van der Waals surface area (Å²) in [5.41, 5.74) is 4.15. The number of nitriles is 1. The zero-order valence-electron chi connectivity index (χ0n) is 17.3. The molecule has 1 N–H and O–H groups in total. The Bertz CT molecular complexity index is 1110. The third kappa shape index (κ3) is 4.58. The maximum absolute atomic E-state index is 12.0. The van der Waals surface area contributed by atoms with E-state index < -0.39 is 5.91 Å². The zero-order valence-corrected chi connectivity index (χ0v) is 17.3. The smallest absolute Gasteiger partial charge is 0.261 e. The highest BCUT2D eigenvalue weighted by Crippen LogP contribution is 2.30. The standard InChI is InChI=1S/C24H24N4O2/c1-4-12-30-22-11-10-18(13-17(22)2)23-20(14-19(15-25)24(29)26-3)16-28(27-23)21-8-6-5-7-9-21/h5-11,13-14,16H,4,12H2,1-3H3,(H,26,29). The van der Waals surface area contributed by atoms with Gasteiger partial charge in [-0.15, -0.1) is 0 Å². The first-order chi connectivity index (χ1) is 14.6. The molecule has 6 nitrogen and oxygen atoms in total. The molecule has 6 heteroatoms. The number of carbonyl (C=O) groups is 1. The zero-order chi connectivity index (χ0) is 21.5. The molecular formula is C24H24N4O2. The van der Waals surface area contributed by atoms with Gasteiger partial charge < -0.3 is 10.1 Å². The number of benzene rings is 2. The summed E-state index contributed by atoms with van der Waals surface area (Å²) in [4.78, 5) is 12.0. The summed E-state index contributed by atoms with van der Waals surface area (Å²) in [5, 5.41) is 16.7. The van der Waals surface area contributed by atoms with Gasteiger partial charge >= 0.3 is 0 Å². The molecule has 1 heterocycles. The number of hydrogen-bond donors (Lipinski definition) is 1. The molecule has 0 fully saturated rings. The first-order valence-corrected chi connectivity index (χ1v) is 9.80. The number of para-hydroxylation sites is 1. The molecule has 0 unspecified atom stereocenters. The number of aromatic nitrogens is 2.